The minimum atomic E-state index is -1.55. The Morgan fingerprint density at radius 2 is 1.59 bits per heavy atom. The zero-order valence-electron chi connectivity index (χ0n) is 23.1. The molecule has 3 aromatic rings. The molecular formula is C34H41N2Si+. The van der Waals surface area contributed by atoms with Crippen molar-refractivity contribution in [3.8, 4) is 11.3 Å². The normalized spacial score (nSPS) is 21.9. The van der Waals surface area contributed by atoms with Crippen molar-refractivity contribution in [3.05, 3.63) is 95.2 Å². The molecule has 2 aliphatic heterocycles. The third-order valence-corrected chi connectivity index (χ3v) is 11.2. The molecule has 0 N–H and O–H groups in total. The lowest BCUT2D eigenvalue weighted by Crippen LogP contribution is -2.54. The van der Waals surface area contributed by atoms with Gasteiger partial charge in [-0.25, -0.2) is 0 Å². The first-order chi connectivity index (χ1) is 17.8. The van der Waals surface area contributed by atoms with Gasteiger partial charge in [-0.15, -0.1) is 0 Å². The molecule has 0 spiro atoms. The zero-order chi connectivity index (χ0) is 25.7. The third kappa shape index (κ3) is 4.35. The van der Waals surface area contributed by atoms with Crippen molar-refractivity contribution in [1.29, 1.82) is 0 Å². The molecule has 0 bridgehead atoms. The van der Waals surface area contributed by atoms with Crippen molar-refractivity contribution in [2.75, 3.05) is 6.54 Å². The van der Waals surface area contributed by atoms with E-state index in [4.69, 9.17) is 11.6 Å². The molecular weight excluding hydrogens is 464 g/mol. The summed E-state index contributed by atoms with van der Waals surface area (Å²) in [7, 11) is -1.55. The van der Waals surface area contributed by atoms with E-state index in [0.717, 1.165) is 18.6 Å². The van der Waals surface area contributed by atoms with Gasteiger partial charge in [0.1, 0.15) is 0 Å². The summed E-state index contributed by atoms with van der Waals surface area (Å²) in [4.78, 5) is 5.09. The summed E-state index contributed by atoms with van der Waals surface area (Å²) in [5.74, 6) is 1.11. The maximum absolute atomic E-state index is 5.09. The highest BCUT2D eigenvalue weighted by atomic mass is 28.3. The van der Waals surface area contributed by atoms with Gasteiger partial charge in [0.25, 0.3) is 0 Å². The summed E-state index contributed by atoms with van der Waals surface area (Å²) in [5.41, 5.74) is 11.0. The van der Waals surface area contributed by atoms with Crippen LogP contribution < -0.4 is 9.75 Å². The SMILES string of the molecule is C=C1CN=C(C)c2ccccc2CCC2c3ccccc3-c3cc(C4CCCC4)c([Si](C)(C)C)c[n+]3C12. The predicted molar refractivity (Wildman–Crippen MR) is 159 cm³/mol. The third-order valence-electron chi connectivity index (χ3n) is 9.14. The van der Waals surface area contributed by atoms with Crippen LogP contribution in [0.15, 0.2) is 77.9 Å². The molecule has 2 unspecified atom stereocenters. The van der Waals surface area contributed by atoms with E-state index in [1.807, 2.05) is 0 Å². The molecule has 6 rings (SSSR count). The summed E-state index contributed by atoms with van der Waals surface area (Å²) >= 11 is 0. The van der Waals surface area contributed by atoms with Crippen molar-refractivity contribution in [2.45, 2.75) is 83.0 Å². The number of benzene rings is 2. The molecule has 1 fully saturated rings. The van der Waals surface area contributed by atoms with Crippen LogP contribution >= 0.6 is 0 Å². The highest BCUT2D eigenvalue weighted by Crippen LogP contribution is 2.45. The first kappa shape index (κ1) is 24.5. The lowest BCUT2D eigenvalue weighted by atomic mass is 9.76. The van der Waals surface area contributed by atoms with Crippen LogP contribution in [0.2, 0.25) is 19.6 Å². The number of aryl methyl sites for hydroxylation is 1. The van der Waals surface area contributed by atoms with Crippen molar-refractivity contribution >= 4 is 19.0 Å². The molecule has 2 atom stereocenters. The van der Waals surface area contributed by atoms with Crippen LogP contribution in [-0.2, 0) is 6.42 Å². The van der Waals surface area contributed by atoms with Crippen LogP contribution in [-0.4, -0.2) is 20.3 Å². The lowest BCUT2D eigenvalue weighted by Gasteiger charge is -2.34. The Kier molecular flexibility index (Phi) is 6.31. The average Bonchev–Trinajstić information content (AvgIpc) is 3.43. The fourth-order valence-corrected chi connectivity index (χ4v) is 8.91. The van der Waals surface area contributed by atoms with Crippen LogP contribution in [0.25, 0.3) is 11.3 Å². The Bertz CT molecular complexity index is 1390. The van der Waals surface area contributed by atoms with E-state index in [9.17, 15) is 0 Å². The van der Waals surface area contributed by atoms with Gasteiger partial charge in [0.05, 0.1) is 20.5 Å². The number of aromatic nitrogens is 1. The summed E-state index contributed by atoms with van der Waals surface area (Å²) in [6.45, 7) is 15.1. The largest absolute Gasteiger partial charge is 0.285 e. The van der Waals surface area contributed by atoms with Gasteiger partial charge in [-0.3, -0.25) is 4.99 Å². The van der Waals surface area contributed by atoms with Gasteiger partial charge in [-0.1, -0.05) is 81.5 Å². The Labute approximate surface area is 224 Å². The molecule has 2 nitrogen and oxygen atoms in total. The quantitative estimate of drug-likeness (QED) is 0.195. The van der Waals surface area contributed by atoms with Crippen molar-refractivity contribution in [3.63, 3.8) is 0 Å². The van der Waals surface area contributed by atoms with E-state index < -0.39 is 8.07 Å². The van der Waals surface area contributed by atoms with Gasteiger partial charge in [-0.05, 0) is 66.8 Å². The molecule has 0 radical (unpaired) electrons. The van der Waals surface area contributed by atoms with E-state index in [1.165, 1.54) is 59.2 Å². The molecule has 2 aromatic carbocycles. The first-order valence-electron chi connectivity index (χ1n) is 14.3. The van der Waals surface area contributed by atoms with Crippen LogP contribution in [0, 0.1) is 0 Å². The Hall–Kier alpha value is -2.78. The van der Waals surface area contributed by atoms with Gasteiger partial charge in [0.2, 0.25) is 5.69 Å². The van der Waals surface area contributed by atoms with Gasteiger partial charge in [0, 0.05) is 28.1 Å². The molecule has 0 amide bonds. The van der Waals surface area contributed by atoms with Crippen LogP contribution in [0.3, 0.4) is 0 Å². The molecule has 37 heavy (non-hydrogen) atoms. The number of nitrogens with zero attached hydrogens (tertiary/aromatic N) is 2. The van der Waals surface area contributed by atoms with Crippen LogP contribution in [0.5, 0.6) is 0 Å². The van der Waals surface area contributed by atoms with Crippen molar-refractivity contribution in [1.82, 2.24) is 0 Å². The number of rotatable bonds is 2. The number of hydrogen-bond acceptors (Lipinski definition) is 1. The second-order valence-electron chi connectivity index (χ2n) is 12.6. The molecule has 0 saturated heterocycles. The minimum Gasteiger partial charge on any atom is -0.285 e. The second kappa shape index (κ2) is 9.51. The standard InChI is InChI=1S/C34H41N2Si/c1-23-21-35-24(2)27-15-9-8-14-26(27)18-19-30-28-16-10-11-17-29(28)32-20-31(25-12-6-7-13-25)33(37(3,4)5)22-36(32)34(23)30/h8-11,14-17,20,22,25,30,34H,1,6-7,12-13,18-19,21H2,2-5H3/q+1. The summed E-state index contributed by atoms with van der Waals surface area (Å²) in [6.07, 6.45) is 10.2. The fourth-order valence-electron chi connectivity index (χ4n) is 7.24. The Morgan fingerprint density at radius 3 is 2.35 bits per heavy atom. The van der Waals surface area contributed by atoms with Gasteiger partial charge >= 0.3 is 0 Å². The van der Waals surface area contributed by atoms with E-state index in [2.05, 4.69) is 91.9 Å². The summed E-state index contributed by atoms with van der Waals surface area (Å²) in [5, 5.41) is 1.65. The summed E-state index contributed by atoms with van der Waals surface area (Å²) in [6, 6.07) is 20.9. The minimum absolute atomic E-state index is 0.236. The number of aliphatic imine (C=N–C) groups is 1. The van der Waals surface area contributed by atoms with Gasteiger partial charge in [-0.2, -0.15) is 4.57 Å². The molecule has 1 aliphatic carbocycles. The maximum atomic E-state index is 5.09. The molecule has 3 heterocycles. The fraction of sp³-hybridized carbons (Fsp3) is 0.412. The first-order valence-corrected chi connectivity index (χ1v) is 17.8. The lowest BCUT2D eigenvalue weighted by molar-refractivity contribution is -0.708. The second-order valence-corrected chi connectivity index (χ2v) is 17.6. The van der Waals surface area contributed by atoms with Crippen LogP contribution in [0.4, 0.5) is 0 Å². The average molecular weight is 506 g/mol. The smallest absolute Gasteiger partial charge is 0.213 e. The topological polar surface area (TPSA) is 16.2 Å². The summed E-state index contributed by atoms with van der Waals surface area (Å²) < 4.78 is 2.64. The van der Waals surface area contributed by atoms with Gasteiger partial charge in [0.15, 0.2) is 12.2 Å². The molecule has 3 heteroatoms. The molecule has 1 saturated carbocycles. The monoisotopic (exact) mass is 505 g/mol. The molecule has 1 aromatic heterocycles. The molecule has 3 aliphatic rings. The maximum Gasteiger partial charge on any atom is 0.213 e. The Morgan fingerprint density at radius 1 is 0.892 bits per heavy atom. The zero-order valence-corrected chi connectivity index (χ0v) is 24.1. The highest BCUT2D eigenvalue weighted by molar-refractivity contribution is 6.89. The Balaban J connectivity index is 1.56. The van der Waals surface area contributed by atoms with Crippen molar-refractivity contribution < 1.29 is 4.57 Å². The van der Waals surface area contributed by atoms with E-state index in [-0.39, 0.29) is 6.04 Å². The van der Waals surface area contributed by atoms with E-state index in [1.54, 1.807) is 10.8 Å². The number of hydrogen-bond donors (Lipinski definition) is 0. The number of fused-ring (bicyclic) bond motifs is 7. The van der Waals surface area contributed by atoms with Crippen molar-refractivity contribution in [2.24, 2.45) is 4.99 Å². The highest BCUT2D eigenvalue weighted by Gasteiger charge is 2.43. The van der Waals surface area contributed by atoms with Gasteiger partial charge < -0.3 is 0 Å². The van der Waals surface area contributed by atoms with E-state index >= 15 is 0 Å². The number of pyridine rings is 1. The van der Waals surface area contributed by atoms with Crippen LogP contribution in [0.1, 0.15) is 79.2 Å². The predicted octanol–water partition coefficient (Wildman–Crippen LogP) is 7.49. The van der Waals surface area contributed by atoms with E-state index in [0.29, 0.717) is 18.4 Å². The molecule has 190 valence electrons.